The number of hydrogen-bond acceptors (Lipinski definition) is 4. The third kappa shape index (κ3) is 6.35. The number of hydrogen-bond donors (Lipinski definition) is 3. The molecule has 0 spiro atoms. The van der Waals surface area contributed by atoms with Crippen molar-refractivity contribution in [3.8, 4) is 0 Å². The minimum atomic E-state index is -0.434. The van der Waals surface area contributed by atoms with E-state index in [0.717, 1.165) is 16.8 Å². The van der Waals surface area contributed by atoms with Crippen molar-refractivity contribution in [1.82, 2.24) is 15.5 Å². The molecule has 2 amide bonds. The predicted octanol–water partition coefficient (Wildman–Crippen LogP) is 4.73. The summed E-state index contributed by atoms with van der Waals surface area (Å²) in [5, 5.41) is 9.52. The number of carbonyl (C=O) groups excluding carboxylic acids is 2. The molecule has 1 heterocycles. The maximum absolute atomic E-state index is 13.0. The van der Waals surface area contributed by atoms with E-state index in [9.17, 15) is 9.59 Å². The van der Waals surface area contributed by atoms with E-state index in [-0.39, 0.29) is 17.9 Å². The predicted molar refractivity (Wildman–Crippen MR) is 138 cm³/mol. The lowest BCUT2D eigenvalue weighted by Crippen LogP contribution is -2.47. The van der Waals surface area contributed by atoms with Crippen LogP contribution in [0, 0.1) is 5.92 Å². The van der Waals surface area contributed by atoms with E-state index < -0.39 is 6.04 Å². The topological polar surface area (TPSA) is 82.7 Å². The highest BCUT2D eigenvalue weighted by Gasteiger charge is 2.34. The highest BCUT2D eigenvalue weighted by Crippen LogP contribution is 2.32. The number of nitrogens with one attached hydrogen (secondary N) is 3. The van der Waals surface area contributed by atoms with E-state index in [2.05, 4.69) is 16.0 Å². The van der Waals surface area contributed by atoms with Gasteiger partial charge in [-0.1, -0.05) is 56.3 Å². The molecule has 0 saturated heterocycles. The average molecular weight is 481 g/mol. The van der Waals surface area contributed by atoms with Gasteiger partial charge in [0, 0.05) is 24.5 Å². The summed E-state index contributed by atoms with van der Waals surface area (Å²) in [4.78, 5) is 27.2. The maximum Gasteiger partial charge on any atom is 0.338 e. The summed E-state index contributed by atoms with van der Waals surface area (Å²) in [6.45, 7) is 9.31. The van der Waals surface area contributed by atoms with E-state index >= 15 is 0 Å². The van der Waals surface area contributed by atoms with Gasteiger partial charge in [-0.25, -0.2) is 9.59 Å². The third-order valence-electron chi connectivity index (χ3n) is 5.48. The lowest BCUT2D eigenvalue weighted by molar-refractivity contribution is -0.140. The van der Waals surface area contributed by atoms with Crippen molar-refractivity contribution in [3.05, 3.63) is 77.0 Å². The standard InChI is InChI=1S/C26H32N4O3S/c1-5-30-18(4)22(24(31)33-16-17(2)3)23(29-26(30)34)20-11-13-21(14-12-20)28-25(32)27-15-19-9-7-6-8-10-19/h6-14,17,23H,5,15-16H2,1-4H3,(H,29,34)(H2,27,28,32). The van der Waals surface area contributed by atoms with Crippen molar-refractivity contribution >= 4 is 35.0 Å². The van der Waals surface area contributed by atoms with Crippen molar-refractivity contribution < 1.29 is 14.3 Å². The van der Waals surface area contributed by atoms with Gasteiger partial charge < -0.3 is 25.6 Å². The number of amides is 2. The second-order valence-corrected chi connectivity index (χ2v) is 8.92. The number of nitrogens with zero attached hydrogens (tertiary/aromatic N) is 1. The molecule has 1 aliphatic heterocycles. The van der Waals surface area contributed by atoms with E-state index in [1.54, 1.807) is 12.1 Å². The van der Waals surface area contributed by atoms with Gasteiger partial charge in [0.2, 0.25) is 0 Å². The summed E-state index contributed by atoms with van der Waals surface area (Å²) in [5.74, 6) is -0.117. The molecule has 34 heavy (non-hydrogen) atoms. The number of anilines is 1. The van der Waals surface area contributed by atoms with Crippen LogP contribution in [0.4, 0.5) is 10.5 Å². The zero-order valence-electron chi connectivity index (χ0n) is 20.1. The van der Waals surface area contributed by atoms with E-state index in [1.807, 2.05) is 75.1 Å². The van der Waals surface area contributed by atoms with Crippen LogP contribution in [0.5, 0.6) is 0 Å². The van der Waals surface area contributed by atoms with Gasteiger partial charge in [0.1, 0.15) is 0 Å². The second kappa shape index (κ2) is 11.7. The molecule has 1 atom stereocenters. The molecular formula is C26H32N4O3S. The summed E-state index contributed by atoms with van der Waals surface area (Å²) in [7, 11) is 0. The molecule has 7 nitrogen and oxygen atoms in total. The molecule has 0 aromatic heterocycles. The number of ether oxygens (including phenoxy) is 1. The molecule has 1 unspecified atom stereocenters. The smallest absolute Gasteiger partial charge is 0.338 e. The normalized spacial score (nSPS) is 15.7. The Kier molecular flexibility index (Phi) is 8.65. The summed E-state index contributed by atoms with van der Waals surface area (Å²) < 4.78 is 5.56. The number of carbonyl (C=O) groups is 2. The molecule has 180 valence electrons. The van der Waals surface area contributed by atoms with Crippen molar-refractivity contribution in [2.45, 2.75) is 40.3 Å². The summed E-state index contributed by atoms with van der Waals surface area (Å²) in [6, 6.07) is 16.3. The zero-order chi connectivity index (χ0) is 24.7. The summed E-state index contributed by atoms with van der Waals surface area (Å²) >= 11 is 5.54. The fraction of sp³-hybridized carbons (Fsp3) is 0.346. The Balaban J connectivity index is 1.73. The number of rotatable bonds is 8. The van der Waals surface area contributed by atoms with E-state index in [4.69, 9.17) is 17.0 Å². The third-order valence-corrected chi connectivity index (χ3v) is 5.82. The van der Waals surface area contributed by atoms with E-state index in [0.29, 0.717) is 36.1 Å². The number of thiocarbonyl (C=S) groups is 1. The summed E-state index contributed by atoms with van der Waals surface area (Å²) in [6.07, 6.45) is 0. The Morgan fingerprint density at radius 1 is 1.12 bits per heavy atom. The molecule has 0 aliphatic carbocycles. The quantitative estimate of drug-likeness (QED) is 0.374. The SMILES string of the molecule is CCN1C(=S)NC(c2ccc(NC(=O)NCc3ccccc3)cc2)C(C(=O)OCC(C)C)=C1C. The zero-order valence-corrected chi connectivity index (χ0v) is 20.9. The van der Waals surface area contributed by atoms with Crippen LogP contribution in [0.1, 0.15) is 44.9 Å². The van der Waals surface area contributed by atoms with Crippen molar-refractivity contribution in [1.29, 1.82) is 0 Å². The second-order valence-electron chi connectivity index (χ2n) is 8.53. The lowest BCUT2D eigenvalue weighted by atomic mass is 9.95. The number of allylic oxidation sites excluding steroid dienone is 1. The van der Waals surface area contributed by atoms with Gasteiger partial charge >= 0.3 is 12.0 Å². The molecule has 0 fully saturated rings. The highest BCUT2D eigenvalue weighted by molar-refractivity contribution is 7.80. The molecule has 0 saturated carbocycles. The van der Waals surface area contributed by atoms with Crippen LogP contribution in [0.3, 0.4) is 0 Å². The molecule has 0 radical (unpaired) electrons. The van der Waals surface area contributed by atoms with Gasteiger partial charge in [-0.15, -0.1) is 0 Å². The molecule has 8 heteroatoms. The van der Waals surface area contributed by atoms with Gasteiger partial charge in [-0.2, -0.15) is 0 Å². The summed E-state index contributed by atoms with van der Waals surface area (Å²) in [5.41, 5.74) is 3.84. The molecular weight excluding hydrogens is 448 g/mol. The fourth-order valence-electron chi connectivity index (χ4n) is 3.71. The van der Waals surface area contributed by atoms with Crippen LogP contribution in [-0.2, 0) is 16.1 Å². The Morgan fingerprint density at radius 2 is 1.79 bits per heavy atom. The van der Waals surface area contributed by atoms with Crippen LogP contribution in [0.15, 0.2) is 65.9 Å². The van der Waals surface area contributed by atoms with Gasteiger partial charge in [0.15, 0.2) is 5.11 Å². The minimum absolute atomic E-state index is 0.238. The first kappa shape index (κ1) is 25.2. The van der Waals surface area contributed by atoms with Crippen LogP contribution < -0.4 is 16.0 Å². The van der Waals surface area contributed by atoms with Crippen LogP contribution in [-0.4, -0.2) is 35.2 Å². The maximum atomic E-state index is 13.0. The monoisotopic (exact) mass is 480 g/mol. The molecule has 3 rings (SSSR count). The van der Waals surface area contributed by atoms with Crippen LogP contribution in [0.2, 0.25) is 0 Å². The molecule has 0 bridgehead atoms. The Hall–Kier alpha value is -3.39. The van der Waals surface area contributed by atoms with Crippen molar-refractivity contribution in [3.63, 3.8) is 0 Å². The van der Waals surface area contributed by atoms with Gasteiger partial charge in [-0.3, -0.25) is 0 Å². The van der Waals surface area contributed by atoms with Crippen molar-refractivity contribution in [2.75, 3.05) is 18.5 Å². The first-order chi connectivity index (χ1) is 16.3. The van der Waals surface area contributed by atoms with Gasteiger partial charge in [0.05, 0.1) is 18.2 Å². The largest absolute Gasteiger partial charge is 0.462 e. The molecule has 3 N–H and O–H groups in total. The number of esters is 1. The van der Waals surface area contributed by atoms with Gasteiger partial charge in [-0.05, 0) is 55.2 Å². The number of urea groups is 1. The fourth-order valence-corrected chi connectivity index (χ4v) is 4.09. The van der Waals surface area contributed by atoms with Gasteiger partial charge in [0.25, 0.3) is 0 Å². The Labute approximate surface area is 206 Å². The molecule has 2 aromatic rings. The lowest BCUT2D eigenvalue weighted by Gasteiger charge is -2.37. The Bertz CT molecular complexity index is 1050. The highest BCUT2D eigenvalue weighted by atomic mass is 32.1. The van der Waals surface area contributed by atoms with Crippen LogP contribution in [0.25, 0.3) is 0 Å². The minimum Gasteiger partial charge on any atom is -0.462 e. The molecule has 2 aromatic carbocycles. The number of benzene rings is 2. The first-order valence-electron chi connectivity index (χ1n) is 11.4. The molecule has 1 aliphatic rings. The van der Waals surface area contributed by atoms with Crippen molar-refractivity contribution in [2.24, 2.45) is 5.92 Å². The Morgan fingerprint density at radius 3 is 2.41 bits per heavy atom. The van der Waals surface area contributed by atoms with Crippen LogP contribution >= 0.6 is 12.2 Å². The first-order valence-corrected chi connectivity index (χ1v) is 11.9. The average Bonchev–Trinajstić information content (AvgIpc) is 2.82. The van der Waals surface area contributed by atoms with E-state index in [1.165, 1.54) is 0 Å².